The van der Waals surface area contributed by atoms with Crippen molar-refractivity contribution in [2.24, 2.45) is 0 Å². The summed E-state index contributed by atoms with van der Waals surface area (Å²) in [4.78, 5) is 10.9. The Labute approximate surface area is 90.3 Å². The molecule has 0 fully saturated rings. The number of para-hydroxylation sites is 2. The molecule has 0 amide bonds. The van der Waals surface area contributed by atoms with E-state index in [9.17, 15) is 4.79 Å². The molecule has 0 aliphatic rings. The van der Waals surface area contributed by atoms with E-state index in [2.05, 4.69) is 15.5 Å². The molecule has 82 valence electrons. The summed E-state index contributed by atoms with van der Waals surface area (Å²) >= 11 is 0. The molecule has 0 saturated carbocycles. The number of methoxy groups -OCH3 is 1. The minimum Gasteiger partial charge on any atom is -0.494 e. The molecule has 0 atom stereocenters. The third-order valence-corrected chi connectivity index (χ3v) is 1.97. The topological polar surface area (TPSA) is 90.1 Å². The summed E-state index contributed by atoms with van der Waals surface area (Å²) in [6, 6.07) is 6.88. The molecule has 0 saturated heterocycles. The van der Waals surface area contributed by atoms with Gasteiger partial charge in [0, 0.05) is 0 Å². The average molecular weight is 220 g/mol. The van der Waals surface area contributed by atoms with Crippen molar-refractivity contribution in [1.82, 2.24) is 20.2 Å². The highest BCUT2D eigenvalue weighted by Gasteiger charge is 2.17. The van der Waals surface area contributed by atoms with E-state index in [0.29, 0.717) is 11.4 Å². The van der Waals surface area contributed by atoms with Gasteiger partial charge in [0.05, 0.1) is 7.11 Å². The first-order chi connectivity index (χ1) is 7.74. The SMILES string of the molecule is COc1ccccc1-n1nnnc1C(=O)O. The zero-order valence-corrected chi connectivity index (χ0v) is 8.36. The van der Waals surface area contributed by atoms with E-state index < -0.39 is 5.97 Å². The summed E-state index contributed by atoms with van der Waals surface area (Å²) < 4.78 is 6.21. The van der Waals surface area contributed by atoms with Gasteiger partial charge in [-0.3, -0.25) is 0 Å². The molecule has 0 aliphatic carbocycles. The normalized spacial score (nSPS) is 10.1. The second kappa shape index (κ2) is 3.97. The van der Waals surface area contributed by atoms with Gasteiger partial charge < -0.3 is 9.84 Å². The summed E-state index contributed by atoms with van der Waals surface area (Å²) in [5, 5.41) is 19.2. The van der Waals surface area contributed by atoms with Crippen molar-refractivity contribution in [3.05, 3.63) is 30.1 Å². The Balaban J connectivity index is 2.58. The lowest BCUT2D eigenvalue weighted by molar-refractivity contribution is 0.0680. The number of nitrogens with zero attached hydrogens (tertiary/aromatic N) is 4. The molecular formula is C9H8N4O3. The van der Waals surface area contributed by atoms with Crippen molar-refractivity contribution in [1.29, 1.82) is 0 Å². The number of carboxylic acids is 1. The molecule has 0 bridgehead atoms. The maximum Gasteiger partial charge on any atom is 0.376 e. The predicted molar refractivity (Wildman–Crippen MR) is 52.7 cm³/mol. The average Bonchev–Trinajstić information content (AvgIpc) is 2.77. The van der Waals surface area contributed by atoms with Gasteiger partial charge in [-0.25, -0.2) is 4.79 Å². The molecule has 0 spiro atoms. The highest BCUT2D eigenvalue weighted by atomic mass is 16.5. The Morgan fingerprint density at radius 3 is 2.88 bits per heavy atom. The van der Waals surface area contributed by atoms with Crippen LogP contribution in [0.15, 0.2) is 24.3 Å². The first kappa shape index (κ1) is 10.1. The van der Waals surface area contributed by atoms with Crippen molar-refractivity contribution in [3.8, 4) is 11.4 Å². The van der Waals surface area contributed by atoms with Crippen LogP contribution in [0, 0.1) is 0 Å². The zero-order valence-electron chi connectivity index (χ0n) is 8.36. The van der Waals surface area contributed by atoms with Gasteiger partial charge in [-0.05, 0) is 22.6 Å². The second-order valence-corrected chi connectivity index (χ2v) is 2.89. The molecule has 2 rings (SSSR count). The fraction of sp³-hybridized carbons (Fsp3) is 0.111. The van der Waals surface area contributed by atoms with Gasteiger partial charge in [0.15, 0.2) is 0 Å². The quantitative estimate of drug-likeness (QED) is 0.803. The molecule has 7 nitrogen and oxygen atoms in total. The smallest absolute Gasteiger partial charge is 0.376 e. The van der Waals surface area contributed by atoms with Crippen LogP contribution in [0.5, 0.6) is 5.75 Å². The minimum atomic E-state index is -1.20. The van der Waals surface area contributed by atoms with Gasteiger partial charge in [0.2, 0.25) is 0 Å². The maximum atomic E-state index is 10.9. The number of carboxylic acid groups (broad SMARTS) is 1. The number of carbonyl (C=O) groups is 1. The van der Waals surface area contributed by atoms with Crippen LogP contribution in [0.3, 0.4) is 0 Å². The summed E-state index contributed by atoms with van der Waals surface area (Å²) in [6.45, 7) is 0. The molecule has 1 heterocycles. The van der Waals surface area contributed by atoms with E-state index in [-0.39, 0.29) is 5.82 Å². The van der Waals surface area contributed by atoms with E-state index in [4.69, 9.17) is 9.84 Å². The van der Waals surface area contributed by atoms with Crippen LogP contribution in [-0.4, -0.2) is 38.4 Å². The predicted octanol–water partition coefficient (Wildman–Crippen LogP) is 0.369. The van der Waals surface area contributed by atoms with Crippen molar-refractivity contribution in [2.45, 2.75) is 0 Å². The molecule has 16 heavy (non-hydrogen) atoms. The lowest BCUT2D eigenvalue weighted by atomic mass is 10.3. The highest BCUT2D eigenvalue weighted by molar-refractivity contribution is 5.84. The summed E-state index contributed by atoms with van der Waals surface area (Å²) in [5.74, 6) is -0.960. The van der Waals surface area contributed by atoms with E-state index in [0.717, 1.165) is 4.68 Å². The zero-order chi connectivity index (χ0) is 11.5. The second-order valence-electron chi connectivity index (χ2n) is 2.89. The number of benzene rings is 1. The van der Waals surface area contributed by atoms with Gasteiger partial charge in [0.1, 0.15) is 11.4 Å². The Bertz CT molecular complexity index is 523. The van der Waals surface area contributed by atoms with Crippen LogP contribution in [0.4, 0.5) is 0 Å². The Hall–Kier alpha value is -2.44. The van der Waals surface area contributed by atoms with Crippen LogP contribution in [-0.2, 0) is 0 Å². The summed E-state index contributed by atoms with van der Waals surface area (Å²) in [7, 11) is 1.49. The number of hydrogen-bond donors (Lipinski definition) is 1. The Kier molecular flexibility index (Phi) is 2.50. The highest BCUT2D eigenvalue weighted by Crippen LogP contribution is 2.21. The summed E-state index contributed by atoms with van der Waals surface area (Å²) in [5.41, 5.74) is 0.479. The lowest BCUT2D eigenvalue weighted by Gasteiger charge is -2.07. The molecular weight excluding hydrogens is 212 g/mol. The van der Waals surface area contributed by atoms with Gasteiger partial charge >= 0.3 is 5.97 Å². The first-order valence-electron chi connectivity index (χ1n) is 4.39. The van der Waals surface area contributed by atoms with Crippen molar-refractivity contribution in [3.63, 3.8) is 0 Å². The van der Waals surface area contributed by atoms with Gasteiger partial charge in [-0.15, -0.1) is 5.10 Å². The number of ether oxygens (including phenoxy) is 1. The van der Waals surface area contributed by atoms with E-state index in [1.807, 2.05) is 0 Å². The van der Waals surface area contributed by atoms with Crippen molar-refractivity contribution in [2.75, 3.05) is 7.11 Å². The van der Waals surface area contributed by atoms with E-state index in [1.165, 1.54) is 7.11 Å². The van der Waals surface area contributed by atoms with Crippen molar-refractivity contribution < 1.29 is 14.6 Å². The monoisotopic (exact) mass is 220 g/mol. The molecule has 1 aromatic heterocycles. The van der Waals surface area contributed by atoms with Crippen LogP contribution >= 0.6 is 0 Å². The van der Waals surface area contributed by atoms with E-state index >= 15 is 0 Å². The van der Waals surface area contributed by atoms with Gasteiger partial charge in [-0.2, -0.15) is 4.68 Å². The number of hydrogen-bond acceptors (Lipinski definition) is 5. The van der Waals surface area contributed by atoms with E-state index in [1.54, 1.807) is 24.3 Å². The largest absolute Gasteiger partial charge is 0.494 e. The van der Waals surface area contributed by atoms with Crippen molar-refractivity contribution >= 4 is 5.97 Å². The number of aromatic carboxylic acids is 1. The van der Waals surface area contributed by atoms with Crippen LogP contribution in [0.25, 0.3) is 5.69 Å². The molecule has 0 radical (unpaired) electrons. The Morgan fingerprint density at radius 2 is 2.19 bits per heavy atom. The first-order valence-corrected chi connectivity index (χ1v) is 4.39. The third kappa shape index (κ3) is 1.58. The minimum absolute atomic E-state index is 0.260. The van der Waals surface area contributed by atoms with Crippen LogP contribution in [0.2, 0.25) is 0 Å². The fourth-order valence-electron chi connectivity index (χ4n) is 1.29. The molecule has 0 aliphatic heterocycles. The van der Waals surface area contributed by atoms with Crippen LogP contribution < -0.4 is 4.74 Å². The molecule has 1 N–H and O–H groups in total. The van der Waals surface area contributed by atoms with Crippen LogP contribution in [0.1, 0.15) is 10.6 Å². The molecule has 0 unspecified atom stereocenters. The standard InChI is InChI=1S/C9H8N4O3/c1-16-7-5-3-2-4-6(7)13-8(9(14)15)10-11-12-13/h2-5H,1H3,(H,14,15). The number of rotatable bonds is 3. The molecule has 7 heteroatoms. The number of aromatic nitrogens is 4. The maximum absolute atomic E-state index is 10.9. The molecule has 1 aromatic carbocycles. The number of tetrazole rings is 1. The molecule has 2 aromatic rings. The Morgan fingerprint density at radius 1 is 1.44 bits per heavy atom. The lowest BCUT2D eigenvalue weighted by Crippen LogP contribution is -2.10. The fourth-order valence-corrected chi connectivity index (χ4v) is 1.29. The third-order valence-electron chi connectivity index (χ3n) is 1.97. The van der Waals surface area contributed by atoms with Gasteiger partial charge in [-0.1, -0.05) is 12.1 Å². The summed E-state index contributed by atoms with van der Waals surface area (Å²) in [6.07, 6.45) is 0. The van der Waals surface area contributed by atoms with Gasteiger partial charge in [0.25, 0.3) is 5.82 Å².